The van der Waals surface area contributed by atoms with Crippen LogP contribution in [0.1, 0.15) is 72.2 Å². The van der Waals surface area contributed by atoms with Gasteiger partial charge in [0.2, 0.25) is 5.91 Å². The average Bonchev–Trinajstić information content (AvgIpc) is 2.45. The standard InChI is InChI=1S/C21H31NO5/c1-13(2)26-16-11-14(19(25)27-21(6,7)8)9-10-15(16)22-18(24)12-17(23)20(3,4)5/h9-11,13H,12H2,1-8H3,(H,22,24). The van der Waals surface area contributed by atoms with Crippen molar-refractivity contribution in [1.29, 1.82) is 0 Å². The first-order valence-corrected chi connectivity index (χ1v) is 9.06. The largest absolute Gasteiger partial charge is 0.489 e. The Morgan fingerprint density at radius 2 is 1.63 bits per heavy atom. The molecule has 0 radical (unpaired) electrons. The lowest BCUT2D eigenvalue weighted by Gasteiger charge is -2.21. The van der Waals surface area contributed by atoms with Gasteiger partial charge >= 0.3 is 5.97 Å². The van der Waals surface area contributed by atoms with Gasteiger partial charge in [-0.25, -0.2) is 4.79 Å². The van der Waals surface area contributed by atoms with Crippen LogP contribution in [-0.2, 0) is 14.3 Å². The van der Waals surface area contributed by atoms with E-state index in [1.165, 1.54) is 6.07 Å². The Kier molecular flexibility index (Phi) is 7.18. The van der Waals surface area contributed by atoms with Crippen LogP contribution in [-0.4, -0.2) is 29.4 Å². The summed E-state index contributed by atoms with van der Waals surface area (Å²) < 4.78 is 11.1. The van der Waals surface area contributed by atoms with Crippen molar-refractivity contribution in [1.82, 2.24) is 0 Å². The van der Waals surface area contributed by atoms with Gasteiger partial charge in [-0.15, -0.1) is 0 Å². The Labute approximate surface area is 161 Å². The van der Waals surface area contributed by atoms with E-state index in [1.54, 1.807) is 53.7 Å². The Morgan fingerprint density at radius 1 is 1.04 bits per heavy atom. The van der Waals surface area contributed by atoms with E-state index in [2.05, 4.69) is 5.32 Å². The summed E-state index contributed by atoms with van der Waals surface area (Å²) >= 11 is 0. The fourth-order valence-electron chi connectivity index (χ4n) is 2.05. The number of amides is 1. The van der Waals surface area contributed by atoms with Crippen molar-refractivity contribution in [3.8, 4) is 5.75 Å². The number of nitrogens with one attached hydrogen (secondary N) is 1. The van der Waals surface area contributed by atoms with Crippen LogP contribution in [0.2, 0.25) is 0 Å². The molecule has 150 valence electrons. The van der Waals surface area contributed by atoms with Crippen LogP contribution in [0.3, 0.4) is 0 Å². The quantitative estimate of drug-likeness (QED) is 0.588. The number of carbonyl (C=O) groups excluding carboxylic acids is 3. The van der Waals surface area contributed by atoms with Crippen LogP contribution in [0.25, 0.3) is 0 Å². The molecular weight excluding hydrogens is 346 g/mol. The number of Topliss-reactive ketones (excluding diaryl/α,β-unsaturated/α-hetero) is 1. The Hall–Kier alpha value is -2.37. The molecule has 0 aliphatic rings. The van der Waals surface area contributed by atoms with Crippen molar-refractivity contribution in [2.75, 3.05) is 5.32 Å². The number of hydrogen-bond donors (Lipinski definition) is 1. The molecule has 0 saturated carbocycles. The lowest BCUT2D eigenvalue weighted by Crippen LogP contribution is -2.26. The van der Waals surface area contributed by atoms with Crippen molar-refractivity contribution >= 4 is 23.3 Å². The summed E-state index contributed by atoms with van der Waals surface area (Å²) in [5, 5.41) is 2.70. The fourth-order valence-corrected chi connectivity index (χ4v) is 2.05. The molecule has 0 bridgehead atoms. The van der Waals surface area contributed by atoms with Gasteiger partial charge in [0.15, 0.2) is 0 Å². The molecule has 1 rings (SSSR count). The molecule has 0 atom stereocenters. The molecule has 0 unspecified atom stereocenters. The molecule has 1 amide bonds. The highest BCUT2D eigenvalue weighted by atomic mass is 16.6. The molecule has 6 nitrogen and oxygen atoms in total. The molecular formula is C21H31NO5. The molecule has 0 fully saturated rings. The second kappa shape index (κ2) is 8.55. The Bertz CT molecular complexity index is 708. The van der Waals surface area contributed by atoms with Crippen LogP contribution in [0.15, 0.2) is 18.2 Å². The fraction of sp³-hybridized carbons (Fsp3) is 0.571. The van der Waals surface area contributed by atoms with E-state index in [-0.39, 0.29) is 18.3 Å². The highest BCUT2D eigenvalue weighted by Crippen LogP contribution is 2.28. The first-order valence-electron chi connectivity index (χ1n) is 9.06. The molecule has 0 aromatic heterocycles. The summed E-state index contributed by atoms with van der Waals surface area (Å²) in [6, 6.07) is 4.67. The van der Waals surface area contributed by atoms with Gasteiger partial charge in [0.25, 0.3) is 0 Å². The molecule has 0 aliphatic carbocycles. The van der Waals surface area contributed by atoms with Gasteiger partial charge in [-0.05, 0) is 52.8 Å². The third-order valence-electron chi connectivity index (χ3n) is 3.41. The average molecular weight is 377 g/mol. The van der Waals surface area contributed by atoms with E-state index in [0.29, 0.717) is 17.0 Å². The van der Waals surface area contributed by atoms with Crippen LogP contribution in [0.4, 0.5) is 5.69 Å². The van der Waals surface area contributed by atoms with Gasteiger partial charge in [0, 0.05) is 5.41 Å². The number of rotatable bonds is 6. The number of anilines is 1. The lowest BCUT2D eigenvalue weighted by atomic mass is 9.89. The highest BCUT2D eigenvalue weighted by molar-refractivity contribution is 6.06. The summed E-state index contributed by atoms with van der Waals surface area (Å²) in [4.78, 5) is 36.6. The predicted octanol–water partition coefficient (Wildman–Crippen LogP) is 4.37. The van der Waals surface area contributed by atoms with Gasteiger partial charge in [0.05, 0.1) is 23.8 Å². The monoisotopic (exact) mass is 377 g/mol. The maximum Gasteiger partial charge on any atom is 0.338 e. The van der Waals surface area contributed by atoms with Gasteiger partial charge in [0.1, 0.15) is 17.1 Å². The predicted molar refractivity (Wildman–Crippen MR) is 105 cm³/mol. The van der Waals surface area contributed by atoms with Crippen LogP contribution < -0.4 is 10.1 Å². The SMILES string of the molecule is CC(C)Oc1cc(C(=O)OC(C)(C)C)ccc1NC(=O)CC(=O)C(C)(C)C. The second-order valence-electron chi connectivity index (χ2n) is 8.78. The molecule has 0 saturated heterocycles. The summed E-state index contributed by atoms with van der Waals surface area (Å²) in [6.45, 7) is 14.4. The Balaban J connectivity index is 3.04. The van der Waals surface area contributed by atoms with Crippen molar-refractivity contribution in [3.05, 3.63) is 23.8 Å². The molecule has 1 aromatic carbocycles. The van der Waals surface area contributed by atoms with Crippen molar-refractivity contribution in [3.63, 3.8) is 0 Å². The summed E-state index contributed by atoms with van der Waals surface area (Å²) in [6.07, 6.45) is -0.385. The topological polar surface area (TPSA) is 81.7 Å². The van der Waals surface area contributed by atoms with Crippen molar-refractivity contribution in [2.24, 2.45) is 5.41 Å². The molecule has 1 N–H and O–H groups in total. The van der Waals surface area contributed by atoms with Crippen LogP contribution in [0.5, 0.6) is 5.75 Å². The van der Waals surface area contributed by atoms with Crippen LogP contribution >= 0.6 is 0 Å². The second-order valence-corrected chi connectivity index (χ2v) is 8.78. The van der Waals surface area contributed by atoms with Gasteiger partial charge < -0.3 is 14.8 Å². The van der Waals surface area contributed by atoms with E-state index in [4.69, 9.17) is 9.47 Å². The van der Waals surface area contributed by atoms with Crippen molar-refractivity contribution < 1.29 is 23.9 Å². The minimum absolute atomic E-state index is 0.156. The van der Waals surface area contributed by atoms with E-state index in [9.17, 15) is 14.4 Å². The molecule has 0 heterocycles. The van der Waals surface area contributed by atoms with Crippen LogP contribution in [0, 0.1) is 5.41 Å². The summed E-state index contributed by atoms with van der Waals surface area (Å²) in [7, 11) is 0. The zero-order valence-corrected chi connectivity index (χ0v) is 17.6. The zero-order valence-electron chi connectivity index (χ0n) is 17.6. The normalized spacial score (nSPS) is 11.9. The first kappa shape index (κ1) is 22.7. The number of benzene rings is 1. The highest BCUT2D eigenvalue weighted by Gasteiger charge is 2.24. The van der Waals surface area contributed by atoms with Gasteiger partial charge in [-0.2, -0.15) is 0 Å². The summed E-state index contributed by atoms with van der Waals surface area (Å²) in [5.74, 6) is -0.702. The van der Waals surface area contributed by atoms with Crippen molar-refractivity contribution in [2.45, 2.75) is 73.5 Å². The first-order chi connectivity index (χ1) is 12.2. The molecule has 0 spiro atoms. The molecule has 27 heavy (non-hydrogen) atoms. The van der Waals surface area contributed by atoms with Gasteiger partial charge in [-0.1, -0.05) is 20.8 Å². The minimum atomic E-state index is -0.615. The van der Waals surface area contributed by atoms with E-state index in [0.717, 1.165) is 0 Å². The molecule has 0 aliphatic heterocycles. The number of carbonyl (C=O) groups is 3. The van der Waals surface area contributed by atoms with E-state index >= 15 is 0 Å². The number of ketones is 1. The third kappa shape index (κ3) is 7.81. The number of hydrogen-bond acceptors (Lipinski definition) is 5. The van der Waals surface area contributed by atoms with E-state index in [1.807, 2.05) is 13.8 Å². The van der Waals surface area contributed by atoms with Gasteiger partial charge in [-0.3, -0.25) is 9.59 Å². The maximum absolute atomic E-state index is 12.3. The van der Waals surface area contributed by atoms with E-state index < -0.39 is 22.9 Å². The smallest absolute Gasteiger partial charge is 0.338 e. The Morgan fingerprint density at radius 3 is 2.11 bits per heavy atom. The molecule has 6 heteroatoms. The number of ether oxygens (including phenoxy) is 2. The molecule has 1 aromatic rings. The summed E-state index contributed by atoms with van der Waals surface area (Å²) in [5.41, 5.74) is -0.474. The lowest BCUT2D eigenvalue weighted by molar-refractivity contribution is -0.130. The number of esters is 1. The maximum atomic E-state index is 12.3. The third-order valence-corrected chi connectivity index (χ3v) is 3.41. The minimum Gasteiger partial charge on any atom is -0.489 e. The zero-order chi connectivity index (χ0) is 21.0.